The Hall–Kier alpha value is -2.41. The number of hydrogen-bond donors (Lipinski definition) is 2. The van der Waals surface area contributed by atoms with Gasteiger partial charge in [0.1, 0.15) is 23.1 Å². The zero-order valence-corrected chi connectivity index (χ0v) is 13.7. The molecule has 1 atom stereocenters. The first kappa shape index (κ1) is 17.9. The molecule has 0 fully saturated rings. The molecule has 0 saturated heterocycles. The van der Waals surface area contributed by atoms with Crippen LogP contribution in [-0.4, -0.2) is 27.5 Å². The lowest BCUT2D eigenvalue weighted by Gasteiger charge is -2.25. The molecule has 0 radical (unpaired) electrons. The molecule has 0 bridgehead atoms. The Bertz CT molecular complexity index is 763. The van der Waals surface area contributed by atoms with Crippen LogP contribution in [0.5, 0.6) is 0 Å². The molecule has 2 N–H and O–H groups in total. The summed E-state index contributed by atoms with van der Waals surface area (Å²) in [6.45, 7) is 4.69. The van der Waals surface area contributed by atoms with Crippen LogP contribution >= 0.6 is 0 Å². The zero-order chi connectivity index (χ0) is 17.9. The quantitative estimate of drug-likeness (QED) is 0.879. The largest absolute Gasteiger partial charge is 0.383 e. The number of nitrogens with zero attached hydrogens (tertiary/aromatic N) is 2. The van der Waals surface area contributed by atoms with Gasteiger partial charge in [-0.15, -0.1) is 0 Å². The molecule has 0 aliphatic heterocycles. The maximum absolute atomic E-state index is 13.8. The summed E-state index contributed by atoms with van der Waals surface area (Å²) in [6, 6.07) is 2.90. The second-order valence-electron chi connectivity index (χ2n) is 5.71. The van der Waals surface area contributed by atoms with Crippen molar-refractivity contribution in [2.75, 3.05) is 6.54 Å². The van der Waals surface area contributed by atoms with Gasteiger partial charge in [-0.05, 0) is 26.3 Å². The topological polar surface area (TPSA) is 75.1 Å². The number of halogens is 2. The highest BCUT2D eigenvalue weighted by atomic mass is 19.1. The highest BCUT2D eigenvalue weighted by Crippen LogP contribution is 2.23. The van der Waals surface area contributed by atoms with E-state index in [2.05, 4.69) is 15.3 Å². The highest BCUT2D eigenvalue weighted by molar-refractivity contribution is 5.95. The number of hydrogen-bond acceptors (Lipinski definition) is 4. The van der Waals surface area contributed by atoms with E-state index in [-0.39, 0.29) is 12.1 Å². The van der Waals surface area contributed by atoms with Crippen molar-refractivity contribution in [2.45, 2.75) is 32.8 Å². The molecule has 2 aromatic rings. The normalized spacial score (nSPS) is 13.4. The summed E-state index contributed by atoms with van der Waals surface area (Å²) in [4.78, 5) is 20.5. The third-order valence-electron chi connectivity index (χ3n) is 3.67. The van der Waals surface area contributed by atoms with Crippen LogP contribution in [0.3, 0.4) is 0 Å². The second-order valence-corrected chi connectivity index (χ2v) is 5.71. The Balaban J connectivity index is 2.15. The minimum absolute atomic E-state index is 0.0972. The van der Waals surface area contributed by atoms with Gasteiger partial charge in [0.05, 0.1) is 17.8 Å². The van der Waals surface area contributed by atoms with Crippen molar-refractivity contribution in [1.82, 2.24) is 15.3 Å². The molecule has 1 aromatic carbocycles. The van der Waals surface area contributed by atoms with E-state index in [9.17, 15) is 18.7 Å². The first-order valence-electron chi connectivity index (χ1n) is 7.53. The molecule has 1 heterocycles. The molecule has 0 saturated carbocycles. The van der Waals surface area contributed by atoms with Gasteiger partial charge in [-0.2, -0.15) is 0 Å². The smallest absolute Gasteiger partial charge is 0.254 e. The third kappa shape index (κ3) is 3.91. The summed E-state index contributed by atoms with van der Waals surface area (Å²) < 4.78 is 26.8. The van der Waals surface area contributed by atoms with Gasteiger partial charge in [0.2, 0.25) is 0 Å². The van der Waals surface area contributed by atoms with Crippen molar-refractivity contribution in [3.05, 3.63) is 58.7 Å². The lowest BCUT2D eigenvalue weighted by Crippen LogP contribution is -2.39. The van der Waals surface area contributed by atoms with E-state index < -0.39 is 23.1 Å². The predicted octanol–water partition coefficient (Wildman–Crippen LogP) is 2.26. The summed E-state index contributed by atoms with van der Waals surface area (Å²) in [5.74, 6) is -1.51. The zero-order valence-electron chi connectivity index (χ0n) is 13.7. The number of aromatic nitrogens is 2. The molecule has 1 unspecified atom stereocenters. The van der Waals surface area contributed by atoms with Crippen molar-refractivity contribution >= 4 is 5.91 Å². The molecule has 2 rings (SSSR count). The first-order chi connectivity index (χ1) is 11.2. The van der Waals surface area contributed by atoms with E-state index in [0.29, 0.717) is 29.6 Å². The molecule has 24 heavy (non-hydrogen) atoms. The molecule has 1 aromatic heterocycles. The molecule has 5 nitrogen and oxygen atoms in total. The molecule has 128 valence electrons. The second kappa shape index (κ2) is 7.00. The Labute approximate surface area is 138 Å². The van der Waals surface area contributed by atoms with Crippen molar-refractivity contribution in [1.29, 1.82) is 0 Å². The summed E-state index contributed by atoms with van der Waals surface area (Å²) in [7, 11) is 0. The Morgan fingerprint density at radius 1 is 1.38 bits per heavy atom. The van der Waals surface area contributed by atoms with Crippen LogP contribution in [0.25, 0.3) is 0 Å². The lowest BCUT2D eigenvalue weighted by molar-refractivity contribution is 0.0494. The van der Waals surface area contributed by atoms with Crippen LogP contribution in [0, 0.1) is 18.6 Å². The number of amides is 1. The number of carbonyl (C=O) groups is 1. The fourth-order valence-corrected chi connectivity index (χ4v) is 2.35. The average molecular weight is 335 g/mol. The van der Waals surface area contributed by atoms with Crippen molar-refractivity contribution in [3.63, 3.8) is 0 Å². The van der Waals surface area contributed by atoms with Gasteiger partial charge < -0.3 is 10.4 Å². The summed E-state index contributed by atoms with van der Waals surface area (Å²) in [5, 5.41) is 13.0. The maximum Gasteiger partial charge on any atom is 0.254 e. The molecule has 0 aliphatic rings. The van der Waals surface area contributed by atoms with Crippen LogP contribution in [0.2, 0.25) is 0 Å². The van der Waals surface area contributed by atoms with E-state index in [1.54, 1.807) is 6.92 Å². The van der Waals surface area contributed by atoms with E-state index in [1.165, 1.54) is 13.1 Å². The number of benzene rings is 1. The predicted molar refractivity (Wildman–Crippen MR) is 84.4 cm³/mol. The van der Waals surface area contributed by atoms with Crippen LogP contribution in [0.4, 0.5) is 8.78 Å². The minimum atomic E-state index is -1.69. The van der Waals surface area contributed by atoms with Gasteiger partial charge in [-0.1, -0.05) is 13.0 Å². The highest BCUT2D eigenvalue weighted by Gasteiger charge is 2.28. The summed E-state index contributed by atoms with van der Waals surface area (Å²) in [6.07, 6.45) is 1.97. The SMILES string of the molecule is CCc1nc(C)ncc1C(=O)NCC(C)(O)c1ccc(F)cc1F. The fraction of sp³-hybridized carbons (Fsp3) is 0.353. The molecule has 0 spiro atoms. The average Bonchev–Trinajstić information content (AvgIpc) is 2.52. The van der Waals surface area contributed by atoms with Gasteiger partial charge in [0.15, 0.2) is 0 Å². The molecular weight excluding hydrogens is 316 g/mol. The molecular formula is C17H19F2N3O2. The standard InChI is InChI=1S/C17H19F2N3O2/c1-4-15-12(8-20-10(2)22-15)16(23)21-9-17(3,24)13-6-5-11(18)7-14(13)19/h5-8,24H,4,9H2,1-3H3,(H,21,23). The minimum Gasteiger partial charge on any atom is -0.383 e. The van der Waals surface area contributed by atoms with Crippen molar-refractivity contribution in [3.8, 4) is 0 Å². The lowest BCUT2D eigenvalue weighted by atomic mass is 9.95. The van der Waals surface area contributed by atoms with E-state index >= 15 is 0 Å². The van der Waals surface area contributed by atoms with Gasteiger partial charge in [-0.3, -0.25) is 4.79 Å². The summed E-state index contributed by atoms with van der Waals surface area (Å²) in [5.41, 5.74) is -0.892. The van der Waals surface area contributed by atoms with Crippen LogP contribution in [0.15, 0.2) is 24.4 Å². The van der Waals surface area contributed by atoms with Gasteiger partial charge in [-0.25, -0.2) is 18.7 Å². The number of nitrogens with one attached hydrogen (secondary N) is 1. The van der Waals surface area contributed by atoms with Gasteiger partial charge in [0, 0.05) is 17.8 Å². The van der Waals surface area contributed by atoms with Gasteiger partial charge in [0.25, 0.3) is 5.91 Å². The van der Waals surface area contributed by atoms with Crippen LogP contribution < -0.4 is 5.32 Å². The van der Waals surface area contributed by atoms with Gasteiger partial charge >= 0.3 is 0 Å². The fourth-order valence-electron chi connectivity index (χ4n) is 2.35. The Morgan fingerprint density at radius 2 is 2.08 bits per heavy atom. The van der Waals surface area contributed by atoms with Crippen LogP contribution in [0.1, 0.15) is 41.3 Å². The van der Waals surface area contributed by atoms with Crippen LogP contribution in [-0.2, 0) is 12.0 Å². The monoisotopic (exact) mass is 335 g/mol. The Kier molecular flexibility index (Phi) is 5.23. The van der Waals surface area contributed by atoms with Crippen molar-refractivity contribution < 1.29 is 18.7 Å². The molecule has 7 heteroatoms. The number of carbonyl (C=O) groups excluding carboxylic acids is 1. The van der Waals surface area contributed by atoms with E-state index in [4.69, 9.17) is 0 Å². The Morgan fingerprint density at radius 3 is 2.71 bits per heavy atom. The first-order valence-corrected chi connectivity index (χ1v) is 7.53. The molecule has 1 amide bonds. The number of aliphatic hydroxyl groups is 1. The molecule has 0 aliphatic carbocycles. The number of aryl methyl sites for hydroxylation is 2. The number of rotatable bonds is 5. The van der Waals surface area contributed by atoms with E-state index in [1.807, 2.05) is 6.92 Å². The third-order valence-corrected chi connectivity index (χ3v) is 3.67. The summed E-state index contributed by atoms with van der Waals surface area (Å²) >= 11 is 0. The maximum atomic E-state index is 13.8. The van der Waals surface area contributed by atoms with E-state index in [0.717, 1.165) is 12.1 Å². The van der Waals surface area contributed by atoms with Crippen molar-refractivity contribution in [2.24, 2.45) is 0 Å².